The number of pyridine rings is 1. The standard InChI is InChI=1S/C60H57NO2/c1-6-12-42-24-25-50(44-14-9-13-41(31-44)20-27-54(52(7-2)40(5)38-62)53(8-3)43-22-23-43)35-56(42)55-34-49(21-19-39(55)4)47-17-10-15-45(32-47)46-16-11-18-48(33-46)51-26-28-59-57(36-51)58-37-61-30-29-60(58)63-59/h8-11,13-19,21,24-37,43,62H,6-7,12,20,22-23,38H2,1-5H3/b52-40+,53-8-,54-27-. The van der Waals surface area contributed by atoms with Crippen molar-refractivity contribution in [2.75, 3.05) is 6.61 Å². The quantitative estimate of drug-likeness (QED) is 0.111. The molecule has 0 amide bonds. The number of hydrogen-bond acceptors (Lipinski definition) is 3. The van der Waals surface area contributed by atoms with E-state index in [1.165, 1.54) is 90.8 Å². The van der Waals surface area contributed by atoms with E-state index in [9.17, 15) is 5.11 Å². The van der Waals surface area contributed by atoms with Crippen LogP contribution in [-0.4, -0.2) is 16.7 Å². The highest BCUT2D eigenvalue weighted by Gasteiger charge is 2.29. The average Bonchev–Trinajstić information content (AvgIpc) is 4.10. The van der Waals surface area contributed by atoms with Gasteiger partial charge in [-0.2, -0.15) is 0 Å². The van der Waals surface area contributed by atoms with Crippen LogP contribution in [0.25, 0.3) is 77.6 Å². The SMILES string of the molecule is C\C=C(C(=C\Cc1cccc(-c2ccc(CCC)c(-c3cc(-c4cccc(-c5cccc(-c6ccc7oc8ccncc8c7c6)c5)c4)ccc3C)c2)c1)/C(CC)=C(\C)CO)\C1CC1. The highest BCUT2D eigenvalue weighted by molar-refractivity contribution is 6.06. The minimum Gasteiger partial charge on any atom is -0.456 e. The van der Waals surface area contributed by atoms with Crippen molar-refractivity contribution in [3.63, 3.8) is 0 Å². The van der Waals surface area contributed by atoms with Crippen LogP contribution in [0.2, 0.25) is 0 Å². The Bertz CT molecular complexity index is 3060. The van der Waals surface area contributed by atoms with Gasteiger partial charge in [0, 0.05) is 23.2 Å². The molecule has 314 valence electrons. The lowest BCUT2D eigenvalue weighted by Crippen LogP contribution is -2.02. The van der Waals surface area contributed by atoms with Crippen LogP contribution in [0.3, 0.4) is 0 Å². The van der Waals surface area contributed by atoms with E-state index in [-0.39, 0.29) is 6.61 Å². The van der Waals surface area contributed by atoms with E-state index >= 15 is 0 Å². The van der Waals surface area contributed by atoms with Crippen molar-refractivity contribution in [2.24, 2.45) is 5.92 Å². The van der Waals surface area contributed by atoms with E-state index in [1.54, 1.807) is 6.20 Å². The van der Waals surface area contributed by atoms with E-state index < -0.39 is 0 Å². The molecule has 0 atom stereocenters. The van der Waals surface area contributed by atoms with Crippen LogP contribution >= 0.6 is 0 Å². The summed E-state index contributed by atoms with van der Waals surface area (Å²) in [5, 5.41) is 12.2. The molecule has 2 heterocycles. The van der Waals surface area contributed by atoms with Gasteiger partial charge in [0.25, 0.3) is 0 Å². The predicted molar refractivity (Wildman–Crippen MR) is 266 cm³/mol. The average molecular weight is 824 g/mol. The van der Waals surface area contributed by atoms with Crippen LogP contribution in [0.15, 0.2) is 185 Å². The number of benzene rings is 6. The normalized spacial score (nSPS) is 13.8. The molecule has 3 heteroatoms. The van der Waals surface area contributed by atoms with Crippen molar-refractivity contribution in [2.45, 2.75) is 73.1 Å². The Morgan fingerprint density at radius 1 is 0.683 bits per heavy atom. The predicted octanol–water partition coefficient (Wildman–Crippen LogP) is 16.1. The first-order chi connectivity index (χ1) is 30.8. The van der Waals surface area contributed by atoms with Gasteiger partial charge in [-0.05, 0) is 196 Å². The summed E-state index contributed by atoms with van der Waals surface area (Å²) < 4.78 is 6.08. The van der Waals surface area contributed by atoms with Crippen LogP contribution in [0.5, 0.6) is 0 Å². The maximum atomic E-state index is 10.1. The van der Waals surface area contributed by atoms with Gasteiger partial charge in [0.05, 0.1) is 6.61 Å². The first kappa shape index (κ1) is 41.8. The lowest BCUT2D eigenvalue weighted by atomic mass is 9.87. The molecule has 1 N–H and O–H groups in total. The summed E-state index contributed by atoms with van der Waals surface area (Å²) in [6.45, 7) is 11.1. The molecule has 9 rings (SSSR count). The Balaban J connectivity index is 1.03. The van der Waals surface area contributed by atoms with Gasteiger partial charge in [-0.1, -0.05) is 123 Å². The minimum atomic E-state index is 0.0971. The van der Waals surface area contributed by atoms with E-state index in [1.807, 2.05) is 12.3 Å². The van der Waals surface area contributed by atoms with Crippen molar-refractivity contribution in [1.29, 1.82) is 0 Å². The fourth-order valence-corrected chi connectivity index (χ4v) is 9.48. The third-order valence-corrected chi connectivity index (χ3v) is 13.0. The molecule has 0 spiro atoms. The summed E-state index contributed by atoms with van der Waals surface area (Å²) >= 11 is 0. The van der Waals surface area contributed by atoms with Crippen molar-refractivity contribution in [3.05, 3.63) is 197 Å². The van der Waals surface area contributed by atoms with E-state index in [2.05, 4.69) is 179 Å². The molecule has 0 bridgehead atoms. The summed E-state index contributed by atoms with van der Waals surface area (Å²) in [5.74, 6) is 0.638. The van der Waals surface area contributed by atoms with Crippen LogP contribution in [0, 0.1) is 12.8 Å². The molecule has 1 aliphatic carbocycles. The molecule has 0 saturated heterocycles. The molecule has 6 aromatic carbocycles. The van der Waals surface area contributed by atoms with E-state index in [0.29, 0.717) is 5.92 Å². The third-order valence-electron chi connectivity index (χ3n) is 13.0. The number of allylic oxidation sites excluding steroid dienone is 5. The molecule has 1 saturated carbocycles. The molecule has 0 unspecified atom stereocenters. The van der Waals surface area contributed by atoms with Gasteiger partial charge < -0.3 is 9.52 Å². The lowest BCUT2D eigenvalue weighted by molar-refractivity contribution is 0.330. The number of furan rings is 1. The number of aromatic nitrogens is 1. The van der Waals surface area contributed by atoms with Gasteiger partial charge in [-0.3, -0.25) is 4.98 Å². The van der Waals surface area contributed by atoms with Crippen molar-refractivity contribution in [1.82, 2.24) is 4.98 Å². The first-order valence-corrected chi connectivity index (χ1v) is 22.8. The number of fused-ring (bicyclic) bond motifs is 3. The zero-order valence-electron chi connectivity index (χ0n) is 37.3. The van der Waals surface area contributed by atoms with Gasteiger partial charge in [-0.25, -0.2) is 0 Å². The molecule has 0 radical (unpaired) electrons. The first-order valence-electron chi connectivity index (χ1n) is 22.8. The van der Waals surface area contributed by atoms with Gasteiger partial charge in [-0.15, -0.1) is 0 Å². The van der Waals surface area contributed by atoms with Crippen molar-refractivity contribution in [3.8, 4) is 55.6 Å². The molecular weight excluding hydrogens is 767 g/mol. The smallest absolute Gasteiger partial charge is 0.138 e. The minimum absolute atomic E-state index is 0.0971. The monoisotopic (exact) mass is 823 g/mol. The maximum Gasteiger partial charge on any atom is 0.138 e. The number of aryl methyl sites for hydroxylation is 2. The van der Waals surface area contributed by atoms with Crippen LogP contribution < -0.4 is 0 Å². The van der Waals surface area contributed by atoms with Gasteiger partial charge in [0.2, 0.25) is 0 Å². The Kier molecular flexibility index (Phi) is 12.2. The fraction of sp³-hybridized carbons (Fsp3) is 0.217. The third kappa shape index (κ3) is 8.76. The second-order valence-electron chi connectivity index (χ2n) is 17.3. The zero-order chi connectivity index (χ0) is 43.5. The zero-order valence-corrected chi connectivity index (χ0v) is 37.3. The van der Waals surface area contributed by atoms with E-state index in [4.69, 9.17) is 4.42 Å². The van der Waals surface area contributed by atoms with E-state index in [0.717, 1.165) is 64.3 Å². The number of rotatable bonds is 14. The van der Waals surface area contributed by atoms with Crippen molar-refractivity contribution >= 4 is 21.9 Å². The molecule has 3 nitrogen and oxygen atoms in total. The molecule has 63 heavy (non-hydrogen) atoms. The van der Waals surface area contributed by atoms with Crippen LogP contribution in [0.1, 0.15) is 70.1 Å². The summed E-state index contributed by atoms with van der Waals surface area (Å²) in [7, 11) is 0. The Labute approximate surface area is 373 Å². The van der Waals surface area contributed by atoms with Gasteiger partial charge >= 0.3 is 0 Å². The van der Waals surface area contributed by atoms with Gasteiger partial charge in [0.1, 0.15) is 11.2 Å². The fourth-order valence-electron chi connectivity index (χ4n) is 9.48. The Morgan fingerprint density at radius 2 is 1.29 bits per heavy atom. The maximum absolute atomic E-state index is 10.1. The Hall–Kier alpha value is -6.55. The topological polar surface area (TPSA) is 46.3 Å². The second-order valence-corrected chi connectivity index (χ2v) is 17.3. The number of nitrogens with zero attached hydrogens (tertiary/aromatic N) is 1. The number of aliphatic hydroxyl groups excluding tert-OH is 1. The summed E-state index contributed by atoms with van der Waals surface area (Å²) in [6, 6.07) is 49.3. The second kappa shape index (κ2) is 18.4. The van der Waals surface area contributed by atoms with Crippen molar-refractivity contribution < 1.29 is 9.52 Å². The lowest BCUT2D eigenvalue weighted by Gasteiger charge is -2.18. The van der Waals surface area contributed by atoms with Gasteiger partial charge in [0.15, 0.2) is 0 Å². The molecular formula is C60H57NO2. The molecule has 1 aliphatic rings. The highest BCUT2D eigenvalue weighted by atomic mass is 16.3. The van der Waals surface area contributed by atoms with Crippen LogP contribution in [-0.2, 0) is 12.8 Å². The summed E-state index contributed by atoms with van der Waals surface area (Å²) in [6.07, 6.45) is 14.8. The Morgan fingerprint density at radius 3 is 1.94 bits per heavy atom. The molecule has 1 fully saturated rings. The summed E-state index contributed by atoms with van der Waals surface area (Å²) in [4.78, 5) is 4.35. The molecule has 8 aromatic rings. The molecule has 0 aliphatic heterocycles. The van der Waals surface area contributed by atoms with Crippen LogP contribution in [0.4, 0.5) is 0 Å². The molecule has 2 aromatic heterocycles. The highest BCUT2D eigenvalue weighted by Crippen LogP contribution is 2.43. The number of aliphatic hydroxyl groups is 1. The number of hydrogen-bond donors (Lipinski definition) is 1. The summed E-state index contributed by atoms with van der Waals surface area (Å²) in [5.41, 5.74) is 23.0. The largest absolute Gasteiger partial charge is 0.456 e.